The third-order valence-electron chi connectivity index (χ3n) is 3.15. The van der Waals surface area contributed by atoms with Gasteiger partial charge in [-0.05, 0) is 19.8 Å². The molecular formula is C13H23N3O3. The molecular weight excluding hydrogens is 246 g/mol. The van der Waals surface area contributed by atoms with Gasteiger partial charge in [-0.15, -0.1) is 0 Å². The van der Waals surface area contributed by atoms with Gasteiger partial charge >= 0.3 is 0 Å². The molecule has 6 nitrogen and oxygen atoms in total. The van der Waals surface area contributed by atoms with Gasteiger partial charge in [0.2, 0.25) is 17.7 Å². The molecule has 0 aromatic rings. The molecule has 1 aliphatic heterocycles. The van der Waals surface area contributed by atoms with Gasteiger partial charge in [-0.25, -0.2) is 5.43 Å². The van der Waals surface area contributed by atoms with Crippen LogP contribution in [0.5, 0.6) is 0 Å². The molecule has 2 N–H and O–H groups in total. The van der Waals surface area contributed by atoms with E-state index in [2.05, 4.69) is 10.9 Å². The normalized spacial score (nSPS) is 19.7. The number of nitrogens with one attached hydrogen (secondary N) is 2. The third kappa shape index (κ3) is 4.31. The number of rotatable bonds is 6. The quantitative estimate of drug-likeness (QED) is 0.541. The minimum absolute atomic E-state index is 0.127. The van der Waals surface area contributed by atoms with Crippen molar-refractivity contribution in [2.75, 3.05) is 6.54 Å². The topological polar surface area (TPSA) is 78.5 Å². The predicted molar refractivity (Wildman–Crippen MR) is 70.7 cm³/mol. The SMILES string of the molecule is CC(C)NNC(=O)CCN1C(=O)CC(C(C)C)C1=O. The second-order valence-electron chi connectivity index (χ2n) is 5.54. The van der Waals surface area contributed by atoms with Gasteiger partial charge in [0.15, 0.2) is 0 Å². The standard InChI is InChI=1S/C13H23N3O3/c1-8(2)10-7-12(18)16(13(10)19)6-5-11(17)15-14-9(3)4/h8-10,14H,5-7H2,1-4H3,(H,15,17). The van der Waals surface area contributed by atoms with Gasteiger partial charge in [0.1, 0.15) is 0 Å². The molecule has 1 saturated heterocycles. The summed E-state index contributed by atoms with van der Waals surface area (Å²) in [4.78, 5) is 36.4. The number of hydrogen-bond acceptors (Lipinski definition) is 4. The maximum absolute atomic E-state index is 12.0. The summed E-state index contributed by atoms with van der Waals surface area (Å²) >= 11 is 0. The first-order chi connectivity index (χ1) is 8.82. The highest BCUT2D eigenvalue weighted by Gasteiger charge is 2.39. The van der Waals surface area contributed by atoms with Crippen molar-refractivity contribution in [1.82, 2.24) is 15.8 Å². The van der Waals surface area contributed by atoms with Crippen LogP contribution in [0.2, 0.25) is 0 Å². The zero-order chi connectivity index (χ0) is 14.6. The van der Waals surface area contributed by atoms with Crippen LogP contribution in [0.1, 0.15) is 40.5 Å². The Kier molecular flexibility index (Phi) is 5.47. The fourth-order valence-electron chi connectivity index (χ4n) is 1.97. The highest BCUT2D eigenvalue weighted by atomic mass is 16.2. The number of amides is 3. The van der Waals surface area contributed by atoms with E-state index in [0.29, 0.717) is 0 Å². The highest BCUT2D eigenvalue weighted by Crippen LogP contribution is 2.26. The minimum Gasteiger partial charge on any atom is -0.291 e. The molecule has 0 aromatic carbocycles. The summed E-state index contributed by atoms with van der Waals surface area (Å²) in [6.45, 7) is 7.83. The Balaban J connectivity index is 2.43. The van der Waals surface area contributed by atoms with Crippen molar-refractivity contribution in [2.24, 2.45) is 11.8 Å². The van der Waals surface area contributed by atoms with Crippen molar-refractivity contribution >= 4 is 17.7 Å². The van der Waals surface area contributed by atoms with E-state index in [1.807, 2.05) is 27.7 Å². The number of likely N-dealkylation sites (tertiary alicyclic amines) is 1. The first-order valence-corrected chi connectivity index (χ1v) is 6.71. The van der Waals surface area contributed by atoms with E-state index in [1.54, 1.807) is 0 Å². The average molecular weight is 269 g/mol. The van der Waals surface area contributed by atoms with E-state index in [0.717, 1.165) is 0 Å². The molecule has 1 atom stereocenters. The van der Waals surface area contributed by atoms with Crippen molar-refractivity contribution in [1.29, 1.82) is 0 Å². The van der Waals surface area contributed by atoms with Gasteiger partial charge in [0.25, 0.3) is 0 Å². The molecule has 0 aliphatic carbocycles. The Morgan fingerprint density at radius 1 is 1.32 bits per heavy atom. The van der Waals surface area contributed by atoms with Gasteiger partial charge in [-0.1, -0.05) is 13.8 Å². The van der Waals surface area contributed by atoms with Crippen LogP contribution < -0.4 is 10.9 Å². The van der Waals surface area contributed by atoms with Gasteiger partial charge in [-0.2, -0.15) is 0 Å². The molecule has 19 heavy (non-hydrogen) atoms. The number of hydrazine groups is 1. The number of carbonyl (C=O) groups is 3. The molecule has 1 fully saturated rings. The molecule has 0 spiro atoms. The van der Waals surface area contributed by atoms with E-state index in [1.165, 1.54) is 4.90 Å². The summed E-state index contributed by atoms with van der Waals surface area (Å²) in [6, 6.07) is 0.143. The lowest BCUT2D eigenvalue weighted by molar-refractivity contribution is -0.140. The lowest BCUT2D eigenvalue weighted by Gasteiger charge is -2.16. The molecule has 0 bridgehead atoms. The summed E-state index contributed by atoms with van der Waals surface area (Å²) in [6.07, 6.45) is 0.393. The van der Waals surface area contributed by atoms with Crippen molar-refractivity contribution in [3.8, 4) is 0 Å². The first kappa shape index (κ1) is 15.6. The van der Waals surface area contributed by atoms with Gasteiger partial charge < -0.3 is 0 Å². The number of nitrogens with zero attached hydrogens (tertiary/aromatic N) is 1. The first-order valence-electron chi connectivity index (χ1n) is 6.71. The van der Waals surface area contributed by atoms with Gasteiger partial charge in [0, 0.05) is 31.3 Å². The maximum Gasteiger partial charge on any atom is 0.235 e. The lowest BCUT2D eigenvalue weighted by atomic mass is 9.94. The summed E-state index contributed by atoms with van der Waals surface area (Å²) < 4.78 is 0. The smallest absolute Gasteiger partial charge is 0.235 e. The minimum atomic E-state index is -0.232. The van der Waals surface area contributed by atoms with Crippen molar-refractivity contribution in [3.05, 3.63) is 0 Å². The predicted octanol–water partition coefficient (Wildman–Crippen LogP) is 0.437. The second-order valence-corrected chi connectivity index (χ2v) is 5.54. The molecule has 1 aliphatic rings. The molecule has 3 amide bonds. The maximum atomic E-state index is 12.0. The van der Waals surface area contributed by atoms with Crippen LogP contribution in [0.3, 0.4) is 0 Å². The molecule has 1 rings (SSSR count). The van der Waals surface area contributed by atoms with Gasteiger partial charge in [-0.3, -0.25) is 24.7 Å². The monoisotopic (exact) mass is 269 g/mol. The number of imide groups is 1. The largest absolute Gasteiger partial charge is 0.291 e. The fourth-order valence-corrected chi connectivity index (χ4v) is 1.97. The molecule has 1 unspecified atom stereocenters. The van der Waals surface area contributed by atoms with E-state index >= 15 is 0 Å². The number of hydrogen-bond donors (Lipinski definition) is 2. The van der Waals surface area contributed by atoms with Crippen LogP contribution in [-0.4, -0.2) is 35.2 Å². The Bertz CT molecular complexity index is 366. The van der Waals surface area contributed by atoms with Crippen LogP contribution in [0, 0.1) is 11.8 Å². The summed E-state index contributed by atoms with van der Waals surface area (Å²) in [7, 11) is 0. The molecule has 1 heterocycles. The molecule has 6 heteroatoms. The fraction of sp³-hybridized carbons (Fsp3) is 0.769. The van der Waals surface area contributed by atoms with Crippen LogP contribution in [-0.2, 0) is 14.4 Å². The lowest BCUT2D eigenvalue weighted by Crippen LogP contribution is -2.43. The summed E-state index contributed by atoms with van der Waals surface area (Å²) in [5, 5.41) is 0. The zero-order valence-corrected chi connectivity index (χ0v) is 12.0. The molecule has 108 valence electrons. The van der Waals surface area contributed by atoms with E-state index in [9.17, 15) is 14.4 Å². The van der Waals surface area contributed by atoms with Gasteiger partial charge in [0.05, 0.1) is 0 Å². The Morgan fingerprint density at radius 3 is 2.42 bits per heavy atom. The van der Waals surface area contributed by atoms with E-state index in [4.69, 9.17) is 0 Å². The van der Waals surface area contributed by atoms with Crippen LogP contribution >= 0.6 is 0 Å². The summed E-state index contributed by atoms with van der Waals surface area (Å²) in [5.74, 6) is -0.623. The van der Waals surface area contributed by atoms with E-state index < -0.39 is 0 Å². The van der Waals surface area contributed by atoms with Crippen molar-refractivity contribution < 1.29 is 14.4 Å². The van der Waals surface area contributed by atoms with Crippen molar-refractivity contribution in [3.63, 3.8) is 0 Å². The van der Waals surface area contributed by atoms with Crippen LogP contribution in [0.25, 0.3) is 0 Å². The van der Waals surface area contributed by atoms with Crippen LogP contribution in [0.4, 0.5) is 0 Å². The highest BCUT2D eigenvalue weighted by molar-refractivity contribution is 6.03. The van der Waals surface area contributed by atoms with E-state index in [-0.39, 0.29) is 55.0 Å². The Hall–Kier alpha value is -1.43. The molecule has 0 radical (unpaired) electrons. The molecule has 0 aromatic heterocycles. The average Bonchev–Trinajstić information content (AvgIpc) is 2.60. The third-order valence-corrected chi connectivity index (χ3v) is 3.15. The zero-order valence-electron chi connectivity index (χ0n) is 12.0. The second kappa shape index (κ2) is 6.65. The summed E-state index contributed by atoms with van der Waals surface area (Å²) in [5.41, 5.74) is 5.31. The van der Waals surface area contributed by atoms with Crippen LogP contribution in [0.15, 0.2) is 0 Å². The number of carbonyl (C=O) groups excluding carboxylic acids is 3. The van der Waals surface area contributed by atoms with Crippen molar-refractivity contribution in [2.45, 2.75) is 46.6 Å². The Labute approximate surface area is 113 Å². The molecule has 0 saturated carbocycles. The Morgan fingerprint density at radius 2 is 1.95 bits per heavy atom.